The monoisotopic (exact) mass is 428 g/mol. The number of oxazole rings is 1. The van der Waals surface area contributed by atoms with Crippen LogP contribution >= 0.6 is 0 Å². The molecular weight excluding hydrogens is 404 g/mol. The van der Waals surface area contributed by atoms with Crippen molar-refractivity contribution in [3.8, 4) is 11.8 Å². The van der Waals surface area contributed by atoms with Crippen LogP contribution in [0.3, 0.4) is 0 Å². The Morgan fingerprint density at radius 2 is 1.88 bits per heavy atom. The summed E-state index contributed by atoms with van der Waals surface area (Å²) in [6.07, 6.45) is 3.59. The molecule has 1 aliphatic heterocycles. The number of aryl methyl sites for hydroxylation is 1. The highest BCUT2D eigenvalue weighted by atomic mass is 16.5. The quantitative estimate of drug-likeness (QED) is 0.611. The number of amides is 1. The third-order valence-electron chi connectivity index (χ3n) is 5.40. The number of methoxy groups -OCH3 is 1. The van der Waals surface area contributed by atoms with Gasteiger partial charge in [0.05, 0.1) is 7.11 Å². The molecule has 0 bridgehead atoms. The van der Waals surface area contributed by atoms with Gasteiger partial charge in [0.15, 0.2) is 0 Å². The van der Waals surface area contributed by atoms with Gasteiger partial charge in [0.1, 0.15) is 11.8 Å². The van der Waals surface area contributed by atoms with Crippen molar-refractivity contribution in [1.29, 1.82) is 5.26 Å². The van der Waals surface area contributed by atoms with Gasteiger partial charge in [0, 0.05) is 37.8 Å². The van der Waals surface area contributed by atoms with Crippen LogP contribution in [0.1, 0.15) is 33.1 Å². The molecule has 7 heteroatoms. The second-order valence-corrected chi connectivity index (χ2v) is 7.57. The SMILES string of the molecule is COc1cccc(/C=C/c2nc(C#N)c(N3CCN(C(=O)c4ccc(C)cc4)CC3)o2)c1. The molecule has 4 rings (SSSR count). The van der Waals surface area contributed by atoms with E-state index in [0.717, 1.165) is 16.9 Å². The Hall–Kier alpha value is -4.05. The van der Waals surface area contributed by atoms with Gasteiger partial charge in [0.25, 0.3) is 5.91 Å². The topological polar surface area (TPSA) is 82.6 Å². The summed E-state index contributed by atoms with van der Waals surface area (Å²) in [5.41, 5.74) is 2.99. The first-order chi connectivity index (χ1) is 15.6. The number of nitrogens with zero attached hydrogens (tertiary/aromatic N) is 4. The van der Waals surface area contributed by atoms with Gasteiger partial charge in [-0.1, -0.05) is 29.8 Å². The summed E-state index contributed by atoms with van der Waals surface area (Å²) in [7, 11) is 1.62. The summed E-state index contributed by atoms with van der Waals surface area (Å²) < 4.78 is 11.1. The zero-order valence-corrected chi connectivity index (χ0v) is 18.1. The van der Waals surface area contributed by atoms with Crippen LogP contribution in [0.25, 0.3) is 12.2 Å². The first-order valence-electron chi connectivity index (χ1n) is 10.4. The van der Waals surface area contributed by atoms with Crippen molar-refractivity contribution in [3.05, 3.63) is 76.8 Å². The number of anilines is 1. The zero-order valence-electron chi connectivity index (χ0n) is 18.1. The molecule has 2 aromatic carbocycles. The van der Waals surface area contributed by atoms with Crippen molar-refractivity contribution in [1.82, 2.24) is 9.88 Å². The number of hydrogen-bond donors (Lipinski definition) is 0. The number of hydrogen-bond acceptors (Lipinski definition) is 6. The number of nitriles is 1. The Bertz CT molecular complexity index is 1170. The van der Waals surface area contributed by atoms with E-state index in [1.807, 2.05) is 71.3 Å². The lowest BCUT2D eigenvalue weighted by atomic mass is 10.1. The largest absolute Gasteiger partial charge is 0.497 e. The van der Waals surface area contributed by atoms with Crippen molar-refractivity contribution in [2.24, 2.45) is 0 Å². The molecule has 0 saturated carbocycles. The molecule has 0 radical (unpaired) electrons. The molecule has 7 nitrogen and oxygen atoms in total. The van der Waals surface area contributed by atoms with Crippen molar-refractivity contribution in [3.63, 3.8) is 0 Å². The zero-order chi connectivity index (χ0) is 22.5. The van der Waals surface area contributed by atoms with Crippen molar-refractivity contribution < 1.29 is 13.9 Å². The van der Waals surface area contributed by atoms with Gasteiger partial charge in [-0.05, 0) is 42.8 Å². The predicted molar refractivity (Wildman–Crippen MR) is 122 cm³/mol. The molecule has 162 valence electrons. The maximum absolute atomic E-state index is 12.7. The lowest BCUT2D eigenvalue weighted by molar-refractivity contribution is 0.0745. The third-order valence-corrected chi connectivity index (χ3v) is 5.40. The Kier molecular flexibility index (Phi) is 6.22. The molecule has 2 heterocycles. The van der Waals surface area contributed by atoms with E-state index in [9.17, 15) is 10.1 Å². The summed E-state index contributed by atoms with van der Waals surface area (Å²) in [5.74, 6) is 1.58. The molecule has 1 aliphatic rings. The van der Waals surface area contributed by atoms with Crippen LogP contribution in [-0.2, 0) is 0 Å². The van der Waals surface area contributed by atoms with Crippen LogP contribution < -0.4 is 9.64 Å². The Labute approximate surface area is 187 Å². The standard InChI is InChI=1S/C25H24N4O3/c1-18-6-9-20(10-7-18)24(30)28-12-14-29(15-13-28)25-22(17-26)27-23(32-25)11-8-19-4-3-5-21(16-19)31-2/h3-11,16H,12-15H2,1-2H3/b11-8+. The smallest absolute Gasteiger partial charge is 0.253 e. The van der Waals surface area contributed by atoms with E-state index in [1.165, 1.54) is 0 Å². The van der Waals surface area contributed by atoms with E-state index < -0.39 is 0 Å². The van der Waals surface area contributed by atoms with Gasteiger partial charge in [-0.25, -0.2) is 0 Å². The fraction of sp³-hybridized carbons (Fsp3) is 0.240. The number of piperazine rings is 1. The molecule has 0 aliphatic carbocycles. The number of ether oxygens (including phenoxy) is 1. The van der Waals surface area contributed by atoms with Crippen molar-refractivity contribution in [2.75, 3.05) is 38.2 Å². The lowest BCUT2D eigenvalue weighted by Gasteiger charge is -2.34. The van der Waals surface area contributed by atoms with E-state index >= 15 is 0 Å². The minimum Gasteiger partial charge on any atom is -0.497 e. The normalized spacial score (nSPS) is 13.9. The van der Waals surface area contributed by atoms with E-state index in [4.69, 9.17) is 9.15 Å². The fourth-order valence-corrected chi connectivity index (χ4v) is 3.59. The maximum Gasteiger partial charge on any atom is 0.253 e. The first-order valence-corrected chi connectivity index (χ1v) is 10.4. The Morgan fingerprint density at radius 1 is 1.12 bits per heavy atom. The summed E-state index contributed by atoms with van der Waals surface area (Å²) in [6.45, 7) is 4.24. The maximum atomic E-state index is 12.7. The van der Waals surface area contributed by atoms with Crippen molar-refractivity contribution in [2.45, 2.75) is 6.92 Å². The highest BCUT2D eigenvalue weighted by molar-refractivity contribution is 5.94. The minimum absolute atomic E-state index is 0.0182. The number of carbonyl (C=O) groups is 1. The van der Waals surface area contributed by atoms with Gasteiger partial charge < -0.3 is 19.0 Å². The molecular formula is C25H24N4O3. The lowest BCUT2D eigenvalue weighted by Crippen LogP contribution is -2.48. The molecule has 0 spiro atoms. The van der Waals surface area contributed by atoms with Crippen LogP contribution in [0, 0.1) is 18.3 Å². The molecule has 1 aromatic heterocycles. The summed E-state index contributed by atoms with van der Waals surface area (Å²) >= 11 is 0. The summed E-state index contributed by atoms with van der Waals surface area (Å²) in [5, 5.41) is 9.52. The molecule has 0 N–H and O–H groups in total. The van der Waals surface area contributed by atoms with E-state index in [1.54, 1.807) is 13.2 Å². The molecule has 3 aromatic rings. The fourth-order valence-electron chi connectivity index (χ4n) is 3.59. The Balaban J connectivity index is 1.44. The van der Waals surface area contributed by atoms with Crippen LogP contribution in [0.4, 0.5) is 5.88 Å². The third kappa shape index (κ3) is 4.65. The molecule has 32 heavy (non-hydrogen) atoms. The van der Waals surface area contributed by atoms with Crippen molar-refractivity contribution >= 4 is 23.9 Å². The number of carbonyl (C=O) groups excluding carboxylic acids is 1. The van der Waals surface area contributed by atoms with Crippen LogP contribution in [0.15, 0.2) is 52.9 Å². The van der Waals surface area contributed by atoms with E-state index in [2.05, 4.69) is 11.1 Å². The van der Waals surface area contributed by atoms with Crippen LogP contribution in [0.2, 0.25) is 0 Å². The molecule has 0 unspecified atom stereocenters. The van der Waals surface area contributed by atoms with Gasteiger partial charge in [-0.2, -0.15) is 10.2 Å². The van der Waals surface area contributed by atoms with Crippen LogP contribution in [-0.4, -0.2) is 49.1 Å². The molecule has 1 saturated heterocycles. The van der Waals surface area contributed by atoms with Gasteiger partial charge in [-0.3, -0.25) is 4.79 Å². The average molecular weight is 428 g/mol. The first kappa shape index (κ1) is 21.2. The van der Waals surface area contributed by atoms with Crippen LogP contribution in [0.5, 0.6) is 5.75 Å². The number of rotatable bonds is 5. The van der Waals surface area contributed by atoms with E-state index in [-0.39, 0.29) is 11.6 Å². The van der Waals surface area contributed by atoms with Gasteiger partial charge >= 0.3 is 0 Å². The highest BCUT2D eigenvalue weighted by Crippen LogP contribution is 2.25. The summed E-state index contributed by atoms with van der Waals surface area (Å²) in [6, 6.07) is 17.3. The van der Waals surface area contributed by atoms with Gasteiger partial charge in [-0.15, -0.1) is 0 Å². The molecule has 0 atom stereocenters. The number of benzene rings is 2. The summed E-state index contributed by atoms with van der Waals surface area (Å²) in [4.78, 5) is 20.8. The highest BCUT2D eigenvalue weighted by Gasteiger charge is 2.26. The minimum atomic E-state index is 0.0182. The average Bonchev–Trinajstić information content (AvgIpc) is 3.26. The molecule has 1 amide bonds. The number of aromatic nitrogens is 1. The van der Waals surface area contributed by atoms with E-state index in [0.29, 0.717) is 43.5 Å². The molecule has 1 fully saturated rings. The predicted octanol–water partition coefficient (Wildman–Crippen LogP) is 4.00. The second kappa shape index (κ2) is 9.40. The van der Waals surface area contributed by atoms with Gasteiger partial charge in [0.2, 0.25) is 17.5 Å². The second-order valence-electron chi connectivity index (χ2n) is 7.57. The Morgan fingerprint density at radius 3 is 2.56 bits per heavy atom.